The van der Waals surface area contributed by atoms with Crippen molar-refractivity contribution in [1.82, 2.24) is 25.6 Å². The third-order valence-corrected chi connectivity index (χ3v) is 4.36. The van der Waals surface area contributed by atoms with E-state index in [0.29, 0.717) is 18.3 Å². The molecule has 1 aromatic carbocycles. The number of hydrogen-bond acceptors (Lipinski definition) is 5. The molecule has 2 N–H and O–H groups in total. The standard InChI is InChI=1S/C17H24N6O/c1-22(14-5-3-2-4-6-14)12-11-19-17(24)16-13-23(21-20-16)15-7-9-18-10-8-15/h2-6,13,15,18H,7-12H2,1H3,(H,19,24). The van der Waals surface area contributed by atoms with Crippen molar-refractivity contribution < 1.29 is 4.79 Å². The minimum Gasteiger partial charge on any atom is -0.373 e. The second-order valence-electron chi connectivity index (χ2n) is 6.08. The highest BCUT2D eigenvalue weighted by Gasteiger charge is 2.18. The van der Waals surface area contributed by atoms with Crippen molar-refractivity contribution in [1.29, 1.82) is 0 Å². The fraction of sp³-hybridized carbons (Fsp3) is 0.471. The molecule has 128 valence electrons. The third kappa shape index (κ3) is 4.11. The zero-order valence-corrected chi connectivity index (χ0v) is 14.0. The van der Waals surface area contributed by atoms with Crippen molar-refractivity contribution in [3.05, 3.63) is 42.2 Å². The highest BCUT2D eigenvalue weighted by molar-refractivity contribution is 5.91. The summed E-state index contributed by atoms with van der Waals surface area (Å²) in [5, 5.41) is 14.4. The van der Waals surface area contributed by atoms with Gasteiger partial charge >= 0.3 is 0 Å². The molecule has 0 bridgehead atoms. The second kappa shape index (κ2) is 7.92. The molecule has 0 atom stereocenters. The Hall–Kier alpha value is -2.41. The first-order chi connectivity index (χ1) is 11.7. The topological polar surface area (TPSA) is 75.1 Å². The summed E-state index contributed by atoms with van der Waals surface area (Å²) in [7, 11) is 2.01. The van der Waals surface area contributed by atoms with Crippen LogP contribution >= 0.6 is 0 Å². The number of para-hydroxylation sites is 1. The number of rotatable bonds is 6. The largest absolute Gasteiger partial charge is 0.373 e. The zero-order chi connectivity index (χ0) is 16.8. The number of carbonyl (C=O) groups is 1. The molecule has 1 aromatic heterocycles. The van der Waals surface area contributed by atoms with Crippen LogP contribution in [0.1, 0.15) is 29.4 Å². The minimum atomic E-state index is -0.170. The zero-order valence-electron chi connectivity index (χ0n) is 14.0. The molecule has 3 rings (SSSR count). The highest BCUT2D eigenvalue weighted by atomic mass is 16.2. The van der Waals surface area contributed by atoms with Gasteiger partial charge in [-0.1, -0.05) is 23.4 Å². The van der Waals surface area contributed by atoms with Gasteiger partial charge in [0.05, 0.1) is 12.2 Å². The van der Waals surface area contributed by atoms with E-state index in [4.69, 9.17) is 0 Å². The van der Waals surface area contributed by atoms with Crippen LogP contribution in [0.2, 0.25) is 0 Å². The van der Waals surface area contributed by atoms with Gasteiger partial charge in [0.1, 0.15) is 0 Å². The van der Waals surface area contributed by atoms with Gasteiger partial charge in [0.2, 0.25) is 0 Å². The van der Waals surface area contributed by atoms with Crippen molar-refractivity contribution in [2.75, 3.05) is 38.1 Å². The minimum absolute atomic E-state index is 0.170. The van der Waals surface area contributed by atoms with Crippen LogP contribution in [0.15, 0.2) is 36.5 Å². The van der Waals surface area contributed by atoms with Crippen LogP contribution in [0.3, 0.4) is 0 Å². The Bertz CT molecular complexity index is 650. The summed E-state index contributed by atoms with van der Waals surface area (Å²) in [6, 6.07) is 10.4. The third-order valence-electron chi connectivity index (χ3n) is 4.36. The Kier molecular flexibility index (Phi) is 5.43. The van der Waals surface area contributed by atoms with E-state index in [-0.39, 0.29) is 5.91 Å². The molecule has 7 heteroatoms. The van der Waals surface area contributed by atoms with Gasteiger partial charge in [0.25, 0.3) is 5.91 Å². The molecule has 1 saturated heterocycles. The number of piperidine rings is 1. The lowest BCUT2D eigenvalue weighted by Gasteiger charge is -2.22. The number of anilines is 1. The van der Waals surface area contributed by atoms with Crippen molar-refractivity contribution in [3.63, 3.8) is 0 Å². The van der Waals surface area contributed by atoms with Crippen molar-refractivity contribution in [2.45, 2.75) is 18.9 Å². The summed E-state index contributed by atoms with van der Waals surface area (Å²) in [5.74, 6) is -0.170. The predicted octanol–water partition coefficient (Wildman–Crippen LogP) is 1.07. The number of likely N-dealkylation sites (N-methyl/N-ethyl adjacent to an activating group) is 1. The number of benzene rings is 1. The molecule has 2 aromatic rings. The van der Waals surface area contributed by atoms with Gasteiger partial charge in [-0.15, -0.1) is 5.10 Å². The first kappa shape index (κ1) is 16.4. The molecular formula is C17H24N6O. The lowest BCUT2D eigenvalue weighted by molar-refractivity contribution is 0.0949. The van der Waals surface area contributed by atoms with Gasteiger partial charge in [0, 0.05) is 25.8 Å². The Morgan fingerprint density at radius 3 is 2.83 bits per heavy atom. The lowest BCUT2D eigenvalue weighted by Crippen LogP contribution is -2.33. The van der Waals surface area contributed by atoms with Crippen LogP contribution in [-0.2, 0) is 0 Å². The molecular weight excluding hydrogens is 304 g/mol. The van der Waals surface area contributed by atoms with Crippen molar-refractivity contribution in [2.24, 2.45) is 0 Å². The summed E-state index contributed by atoms with van der Waals surface area (Å²) in [5.41, 5.74) is 1.51. The first-order valence-corrected chi connectivity index (χ1v) is 8.41. The molecule has 2 heterocycles. The van der Waals surface area contributed by atoms with E-state index in [9.17, 15) is 4.79 Å². The van der Waals surface area contributed by atoms with E-state index in [1.807, 2.05) is 42.1 Å². The number of amides is 1. The SMILES string of the molecule is CN(CCNC(=O)c1cn(C2CCNCC2)nn1)c1ccccc1. The number of hydrogen-bond donors (Lipinski definition) is 2. The molecule has 1 amide bonds. The van der Waals surface area contributed by atoms with Gasteiger partial charge in [-0.25, -0.2) is 4.68 Å². The van der Waals surface area contributed by atoms with Crippen LogP contribution in [0.4, 0.5) is 5.69 Å². The normalized spacial score (nSPS) is 15.2. The Labute approximate surface area is 142 Å². The van der Waals surface area contributed by atoms with Gasteiger partial charge in [-0.3, -0.25) is 4.79 Å². The maximum atomic E-state index is 12.2. The van der Waals surface area contributed by atoms with E-state index in [0.717, 1.165) is 38.2 Å². The Morgan fingerprint density at radius 2 is 2.08 bits per heavy atom. The number of carbonyl (C=O) groups excluding carboxylic acids is 1. The molecule has 1 aliphatic heterocycles. The van der Waals surface area contributed by atoms with E-state index < -0.39 is 0 Å². The van der Waals surface area contributed by atoms with Crippen LogP contribution in [0, 0.1) is 0 Å². The van der Waals surface area contributed by atoms with Gasteiger partial charge in [-0.2, -0.15) is 0 Å². The molecule has 0 radical (unpaired) electrons. The van der Waals surface area contributed by atoms with E-state index in [2.05, 4.69) is 25.8 Å². The molecule has 7 nitrogen and oxygen atoms in total. The number of aromatic nitrogens is 3. The van der Waals surface area contributed by atoms with Gasteiger partial charge < -0.3 is 15.5 Å². The van der Waals surface area contributed by atoms with E-state index in [1.165, 1.54) is 0 Å². The smallest absolute Gasteiger partial charge is 0.273 e. The molecule has 1 aliphatic rings. The summed E-state index contributed by atoms with van der Waals surface area (Å²) in [4.78, 5) is 14.3. The monoisotopic (exact) mass is 328 g/mol. The highest BCUT2D eigenvalue weighted by Crippen LogP contribution is 2.17. The average molecular weight is 328 g/mol. The van der Waals surface area contributed by atoms with E-state index in [1.54, 1.807) is 6.20 Å². The molecule has 0 aliphatic carbocycles. The summed E-state index contributed by atoms with van der Waals surface area (Å²) >= 11 is 0. The summed E-state index contributed by atoms with van der Waals surface area (Å²) < 4.78 is 1.83. The summed E-state index contributed by atoms with van der Waals surface area (Å²) in [6.45, 7) is 3.26. The van der Waals surface area contributed by atoms with Crippen molar-refractivity contribution >= 4 is 11.6 Å². The van der Waals surface area contributed by atoms with E-state index >= 15 is 0 Å². The number of nitrogens with one attached hydrogen (secondary N) is 2. The maximum Gasteiger partial charge on any atom is 0.273 e. The van der Waals surface area contributed by atoms with Crippen molar-refractivity contribution in [3.8, 4) is 0 Å². The van der Waals surface area contributed by atoms with Crippen LogP contribution < -0.4 is 15.5 Å². The Balaban J connectivity index is 1.47. The maximum absolute atomic E-state index is 12.2. The van der Waals surface area contributed by atoms with Crippen LogP contribution in [-0.4, -0.2) is 54.1 Å². The van der Waals surface area contributed by atoms with Gasteiger partial charge in [-0.05, 0) is 38.1 Å². The number of nitrogens with zero attached hydrogens (tertiary/aromatic N) is 4. The predicted molar refractivity (Wildman–Crippen MR) is 93.2 cm³/mol. The van der Waals surface area contributed by atoms with Crippen LogP contribution in [0.25, 0.3) is 0 Å². The molecule has 24 heavy (non-hydrogen) atoms. The first-order valence-electron chi connectivity index (χ1n) is 8.41. The molecule has 0 spiro atoms. The molecule has 0 unspecified atom stereocenters. The molecule has 0 saturated carbocycles. The second-order valence-corrected chi connectivity index (χ2v) is 6.08. The quantitative estimate of drug-likeness (QED) is 0.830. The fourth-order valence-electron chi connectivity index (χ4n) is 2.87. The average Bonchev–Trinajstić information content (AvgIpc) is 3.13. The summed E-state index contributed by atoms with van der Waals surface area (Å²) in [6.07, 6.45) is 3.80. The van der Waals surface area contributed by atoms with Gasteiger partial charge in [0.15, 0.2) is 5.69 Å². The Morgan fingerprint density at radius 1 is 1.33 bits per heavy atom. The fourth-order valence-corrected chi connectivity index (χ4v) is 2.87. The molecule has 1 fully saturated rings. The lowest BCUT2D eigenvalue weighted by atomic mass is 10.1. The van der Waals surface area contributed by atoms with Crippen LogP contribution in [0.5, 0.6) is 0 Å².